The summed E-state index contributed by atoms with van der Waals surface area (Å²) in [5.74, 6) is 0.0297. The lowest BCUT2D eigenvalue weighted by atomic mass is 9.95. The third kappa shape index (κ3) is 5.09. The molecule has 0 bridgehead atoms. The average molecular weight is 415 g/mol. The fraction of sp³-hybridized carbons (Fsp3) is 0.273. The predicted molar refractivity (Wildman–Crippen MR) is 111 cm³/mol. The second-order valence-corrected chi connectivity index (χ2v) is 7.40. The maximum atomic E-state index is 12.8. The van der Waals surface area contributed by atoms with Crippen LogP contribution in [0, 0.1) is 0 Å². The molecule has 1 aliphatic heterocycles. The maximum absolute atomic E-state index is 12.8. The molecule has 2 N–H and O–H groups in total. The van der Waals surface area contributed by atoms with Crippen molar-refractivity contribution in [3.63, 3.8) is 0 Å². The highest BCUT2D eigenvalue weighted by atomic mass is 35.5. The number of carbonyl (C=O) groups excluding carboxylic acids is 2. The van der Waals surface area contributed by atoms with Crippen LogP contribution < -0.4 is 15.4 Å². The van der Waals surface area contributed by atoms with E-state index in [-0.39, 0.29) is 12.7 Å². The zero-order chi connectivity index (χ0) is 21.0. The first-order valence-electron chi connectivity index (χ1n) is 9.30. The Kier molecular flexibility index (Phi) is 6.44. The number of amides is 2. The van der Waals surface area contributed by atoms with E-state index in [2.05, 4.69) is 10.6 Å². The van der Waals surface area contributed by atoms with Gasteiger partial charge in [-0.1, -0.05) is 48.0 Å². The van der Waals surface area contributed by atoms with E-state index in [1.165, 1.54) is 0 Å². The van der Waals surface area contributed by atoms with Crippen molar-refractivity contribution in [1.29, 1.82) is 0 Å². The standard InChI is InChI=1S/C22H23ClN2O4/c1-13(2)29-18-10-9-16(11-17(18)23)20-19(14(3)24-22(27)25-20)21(26)28-12-15-7-5-4-6-8-15/h4-11,13,20H,12H2,1-3H3,(H2,24,25,27). The van der Waals surface area contributed by atoms with E-state index >= 15 is 0 Å². The minimum atomic E-state index is -0.683. The molecule has 0 aliphatic carbocycles. The number of urea groups is 1. The molecule has 1 aliphatic rings. The highest BCUT2D eigenvalue weighted by Gasteiger charge is 2.32. The Balaban J connectivity index is 1.85. The molecule has 6 nitrogen and oxygen atoms in total. The van der Waals surface area contributed by atoms with E-state index in [0.29, 0.717) is 27.6 Å². The molecule has 0 spiro atoms. The van der Waals surface area contributed by atoms with Gasteiger partial charge in [0.1, 0.15) is 12.4 Å². The minimum absolute atomic E-state index is 0.0254. The van der Waals surface area contributed by atoms with Crippen LogP contribution in [0.5, 0.6) is 5.75 Å². The van der Waals surface area contributed by atoms with Crippen LogP contribution in [-0.4, -0.2) is 18.1 Å². The predicted octanol–water partition coefficient (Wildman–Crippen LogP) is 4.50. The molecule has 1 unspecified atom stereocenters. The van der Waals surface area contributed by atoms with E-state index in [1.54, 1.807) is 25.1 Å². The Bertz CT molecular complexity index is 941. The van der Waals surface area contributed by atoms with Crippen LogP contribution in [0.1, 0.15) is 37.9 Å². The van der Waals surface area contributed by atoms with Crippen molar-refractivity contribution >= 4 is 23.6 Å². The van der Waals surface area contributed by atoms with Crippen molar-refractivity contribution in [3.8, 4) is 5.75 Å². The molecule has 3 rings (SSSR count). The van der Waals surface area contributed by atoms with E-state index in [0.717, 1.165) is 5.56 Å². The van der Waals surface area contributed by atoms with Gasteiger partial charge in [-0.05, 0) is 44.0 Å². The molecule has 152 valence electrons. The summed E-state index contributed by atoms with van der Waals surface area (Å²) in [6.45, 7) is 5.62. The first kappa shape index (κ1) is 20.7. The summed E-state index contributed by atoms with van der Waals surface area (Å²) in [6.07, 6.45) is -0.0254. The molecule has 7 heteroatoms. The van der Waals surface area contributed by atoms with Crippen LogP contribution in [0.25, 0.3) is 0 Å². The molecular formula is C22H23ClN2O4. The van der Waals surface area contributed by atoms with E-state index in [1.807, 2.05) is 44.2 Å². The molecule has 0 radical (unpaired) electrons. The number of allylic oxidation sites excluding steroid dienone is 1. The molecule has 0 saturated heterocycles. The van der Waals surface area contributed by atoms with Gasteiger partial charge < -0.3 is 20.1 Å². The van der Waals surface area contributed by atoms with Crippen LogP contribution >= 0.6 is 11.6 Å². The second kappa shape index (κ2) is 9.01. The van der Waals surface area contributed by atoms with Gasteiger partial charge in [-0.2, -0.15) is 0 Å². The highest BCUT2D eigenvalue weighted by molar-refractivity contribution is 6.32. The average Bonchev–Trinajstić information content (AvgIpc) is 2.67. The van der Waals surface area contributed by atoms with E-state index in [4.69, 9.17) is 21.1 Å². The molecule has 2 amide bonds. The van der Waals surface area contributed by atoms with Crippen molar-refractivity contribution in [2.75, 3.05) is 0 Å². The maximum Gasteiger partial charge on any atom is 0.338 e. The summed E-state index contributed by atoms with van der Waals surface area (Å²) in [5.41, 5.74) is 2.30. The van der Waals surface area contributed by atoms with Crippen molar-refractivity contribution in [1.82, 2.24) is 10.6 Å². The molecule has 2 aromatic rings. The van der Waals surface area contributed by atoms with Crippen molar-refractivity contribution < 1.29 is 19.1 Å². The SMILES string of the molecule is CC1=C(C(=O)OCc2ccccc2)C(c2ccc(OC(C)C)c(Cl)c2)NC(=O)N1. The van der Waals surface area contributed by atoms with Crippen molar-refractivity contribution in [2.45, 2.75) is 39.5 Å². The number of halogens is 1. The van der Waals surface area contributed by atoms with E-state index < -0.39 is 18.0 Å². The summed E-state index contributed by atoms with van der Waals surface area (Å²) in [7, 11) is 0. The van der Waals surface area contributed by atoms with Gasteiger partial charge in [0.2, 0.25) is 0 Å². The number of esters is 1. The Morgan fingerprint density at radius 3 is 2.55 bits per heavy atom. The first-order valence-corrected chi connectivity index (χ1v) is 9.68. The zero-order valence-corrected chi connectivity index (χ0v) is 17.2. The molecule has 0 fully saturated rings. The minimum Gasteiger partial charge on any atom is -0.489 e. The third-order valence-electron chi connectivity index (χ3n) is 4.35. The monoisotopic (exact) mass is 414 g/mol. The fourth-order valence-corrected chi connectivity index (χ4v) is 3.29. The number of hydrogen-bond donors (Lipinski definition) is 2. The number of carbonyl (C=O) groups is 2. The second-order valence-electron chi connectivity index (χ2n) is 6.99. The molecule has 0 saturated carbocycles. The molecule has 2 aromatic carbocycles. The molecular weight excluding hydrogens is 392 g/mol. The van der Waals surface area contributed by atoms with Crippen LogP contribution in [0.4, 0.5) is 4.79 Å². The van der Waals surface area contributed by atoms with Crippen LogP contribution in [-0.2, 0) is 16.1 Å². The van der Waals surface area contributed by atoms with E-state index in [9.17, 15) is 9.59 Å². The smallest absolute Gasteiger partial charge is 0.338 e. The highest BCUT2D eigenvalue weighted by Crippen LogP contribution is 2.33. The Morgan fingerprint density at radius 1 is 1.17 bits per heavy atom. The van der Waals surface area contributed by atoms with Gasteiger partial charge in [0.25, 0.3) is 0 Å². The van der Waals surface area contributed by atoms with Crippen LogP contribution in [0.15, 0.2) is 59.8 Å². The molecule has 1 heterocycles. The topological polar surface area (TPSA) is 76.7 Å². The number of hydrogen-bond acceptors (Lipinski definition) is 4. The van der Waals surface area contributed by atoms with Crippen LogP contribution in [0.2, 0.25) is 5.02 Å². The Labute approximate surface area is 174 Å². The van der Waals surface area contributed by atoms with Gasteiger partial charge in [-0.3, -0.25) is 0 Å². The number of rotatable bonds is 6. The summed E-state index contributed by atoms with van der Waals surface area (Å²) >= 11 is 6.35. The van der Waals surface area contributed by atoms with Gasteiger partial charge in [0.05, 0.1) is 22.7 Å². The molecule has 0 aromatic heterocycles. The third-order valence-corrected chi connectivity index (χ3v) is 4.65. The lowest BCUT2D eigenvalue weighted by Crippen LogP contribution is -2.45. The number of nitrogens with one attached hydrogen (secondary N) is 2. The Hall–Kier alpha value is -2.99. The zero-order valence-electron chi connectivity index (χ0n) is 16.5. The summed E-state index contributed by atoms with van der Waals surface area (Å²) in [6, 6.07) is 13.5. The number of ether oxygens (including phenoxy) is 2. The van der Waals surface area contributed by atoms with Crippen molar-refractivity contribution in [2.24, 2.45) is 0 Å². The summed E-state index contributed by atoms with van der Waals surface area (Å²) < 4.78 is 11.1. The molecule has 29 heavy (non-hydrogen) atoms. The fourth-order valence-electron chi connectivity index (χ4n) is 3.06. The van der Waals surface area contributed by atoms with Gasteiger partial charge in [0.15, 0.2) is 0 Å². The van der Waals surface area contributed by atoms with Gasteiger partial charge in [-0.25, -0.2) is 9.59 Å². The van der Waals surface area contributed by atoms with Crippen LogP contribution in [0.3, 0.4) is 0 Å². The molecule has 1 atom stereocenters. The largest absolute Gasteiger partial charge is 0.489 e. The lowest BCUT2D eigenvalue weighted by Gasteiger charge is -2.28. The normalized spacial score (nSPS) is 16.3. The summed E-state index contributed by atoms with van der Waals surface area (Å²) in [5, 5.41) is 5.80. The number of benzene rings is 2. The van der Waals surface area contributed by atoms with Gasteiger partial charge >= 0.3 is 12.0 Å². The quantitative estimate of drug-likeness (QED) is 0.682. The van der Waals surface area contributed by atoms with Crippen molar-refractivity contribution in [3.05, 3.63) is 76.0 Å². The lowest BCUT2D eigenvalue weighted by molar-refractivity contribution is -0.140. The summed E-state index contributed by atoms with van der Waals surface area (Å²) in [4.78, 5) is 24.9. The first-order chi connectivity index (χ1) is 13.8. The van der Waals surface area contributed by atoms with Gasteiger partial charge in [0, 0.05) is 5.70 Å². The Morgan fingerprint density at radius 2 is 1.90 bits per heavy atom. The van der Waals surface area contributed by atoms with Gasteiger partial charge in [-0.15, -0.1) is 0 Å².